The van der Waals surface area contributed by atoms with E-state index in [1.54, 1.807) is 6.08 Å². The molecule has 1 aromatic rings. The molecule has 8 heteroatoms. The molecular formula is C60H82O8. The number of fused-ring (bicyclic) bond motifs is 17. The number of aliphatic hydroxyl groups is 1. The molecule has 1 aliphatic heterocycles. The summed E-state index contributed by atoms with van der Waals surface area (Å²) in [6.45, 7) is 28.2. The molecule has 11 rings (SSSR count). The van der Waals surface area contributed by atoms with Gasteiger partial charge in [0.2, 0.25) is 11.4 Å². The Labute approximate surface area is 407 Å². The van der Waals surface area contributed by atoms with Gasteiger partial charge in [0.1, 0.15) is 0 Å². The highest BCUT2D eigenvalue weighted by Gasteiger charge is 2.73. The minimum atomic E-state index is -2.25. The molecule has 0 bridgehead atoms. The van der Waals surface area contributed by atoms with Crippen LogP contribution in [0.1, 0.15) is 189 Å². The normalized spacial score (nSPS) is 51.5. The molecule has 370 valence electrons. The maximum absolute atomic E-state index is 15.0. The van der Waals surface area contributed by atoms with Crippen LogP contribution in [0.25, 0.3) is 6.08 Å². The number of benzene rings is 1. The number of methoxy groups -OCH3 is 2. The lowest BCUT2D eigenvalue weighted by molar-refractivity contribution is -0.236. The fraction of sp³-hybridized carbons (Fsp3) is 0.750. The molecule has 16 atom stereocenters. The predicted molar refractivity (Wildman–Crippen MR) is 264 cm³/mol. The van der Waals surface area contributed by atoms with E-state index < -0.39 is 28.0 Å². The van der Waals surface area contributed by atoms with Gasteiger partial charge in [0.15, 0.2) is 11.5 Å². The zero-order valence-corrected chi connectivity index (χ0v) is 44.1. The largest absolute Gasteiger partial charge is 0.471 e. The number of rotatable bonds is 2. The first-order valence-corrected chi connectivity index (χ1v) is 26.7. The molecular weight excluding hydrogens is 849 g/mol. The molecule has 68 heavy (non-hydrogen) atoms. The summed E-state index contributed by atoms with van der Waals surface area (Å²) in [6.07, 6.45) is 23.6. The van der Waals surface area contributed by atoms with Crippen LogP contribution in [0.5, 0.6) is 11.5 Å². The standard InChI is InChI=1S/C60H82O8/c1-35-36-15-17-41-53(6,25-29-57(10)43-33-51(4,47(62)65-13)21-19-49(43,2)23-27-55(41,57)8)38(36)31-40-46(35)68-59(12)37-16-18-42-54(7,39(37)32-45(61)60(59,64)67-40)26-30-58(11)44-34-52(5,48(63)66-14)22-20-50(44,3)24-28-56(42,58)9/h15-17,31-32,41-44,64H,18-30,33-34H2,1-14H3/t41-,42-,43-,44-,49-,50-,51-,52-,53+,54+,55-,56-,57+,58+,59-,60+/m1/s1. The molecule has 6 fully saturated rings. The van der Waals surface area contributed by atoms with Crippen molar-refractivity contribution >= 4 is 23.8 Å². The molecule has 0 spiro atoms. The lowest BCUT2D eigenvalue weighted by Gasteiger charge is -2.72. The van der Waals surface area contributed by atoms with E-state index in [1.165, 1.54) is 19.8 Å². The van der Waals surface area contributed by atoms with Crippen LogP contribution in [0, 0.1) is 79.3 Å². The number of ketones is 1. The Hall–Kier alpha value is -3.39. The van der Waals surface area contributed by atoms with Gasteiger partial charge < -0.3 is 24.1 Å². The third kappa shape index (κ3) is 5.31. The number of ether oxygens (including phenoxy) is 4. The van der Waals surface area contributed by atoms with Gasteiger partial charge >= 0.3 is 17.7 Å². The van der Waals surface area contributed by atoms with E-state index in [9.17, 15) is 19.5 Å². The van der Waals surface area contributed by atoms with Crippen LogP contribution < -0.4 is 9.47 Å². The molecule has 10 aliphatic rings. The van der Waals surface area contributed by atoms with Crippen molar-refractivity contribution in [1.29, 1.82) is 0 Å². The van der Waals surface area contributed by atoms with Crippen molar-refractivity contribution in [3.63, 3.8) is 0 Å². The molecule has 0 unspecified atom stereocenters. The molecule has 9 aliphatic carbocycles. The van der Waals surface area contributed by atoms with E-state index in [4.69, 9.17) is 18.9 Å². The molecule has 0 radical (unpaired) electrons. The average Bonchev–Trinajstić information content (AvgIpc) is 3.29. The molecule has 0 saturated heterocycles. The van der Waals surface area contributed by atoms with E-state index >= 15 is 0 Å². The first-order chi connectivity index (χ1) is 31.6. The number of allylic oxidation sites excluding steroid dienone is 2. The third-order valence-corrected chi connectivity index (χ3v) is 25.1. The van der Waals surface area contributed by atoms with Crippen molar-refractivity contribution in [2.75, 3.05) is 14.2 Å². The topological polar surface area (TPSA) is 108 Å². The van der Waals surface area contributed by atoms with Gasteiger partial charge in [-0.05, 0) is 214 Å². The Kier molecular flexibility index (Phi) is 9.50. The minimum absolute atomic E-state index is 0.00834. The summed E-state index contributed by atoms with van der Waals surface area (Å²) in [5, 5.41) is 12.9. The number of esters is 2. The maximum Gasteiger partial charge on any atom is 0.317 e. The quantitative estimate of drug-likeness (QED) is 0.292. The maximum atomic E-state index is 15.0. The van der Waals surface area contributed by atoms with Crippen molar-refractivity contribution < 1.29 is 38.4 Å². The van der Waals surface area contributed by atoms with Gasteiger partial charge in [0, 0.05) is 16.6 Å². The van der Waals surface area contributed by atoms with Gasteiger partial charge in [-0.25, -0.2) is 0 Å². The monoisotopic (exact) mass is 931 g/mol. The highest BCUT2D eigenvalue weighted by Crippen LogP contribution is 2.78. The van der Waals surface area contributed by atoms with Crippen LogP contribution in [0.3, 0.4) is 0 Å². The molecule has 1 heterocycles. The number of carbonyl (C=O) groups is 3. The summed E-state index contributed by atoms with van der Waals surface area (Å²) in [5.74, 6) is -0.536. The summed E-state index contributed by atoms with van der Waals surface area (Å²) in [7, 11) is 3.07. The van der Waals surface area contributed by atoms with Crippen LogP contribution in [0.15, 0.2) is 35.4 Å². The van der Waals surface area contributed by atoms with Gasteiger partial charge in [0.25, 0.3) is 0 Å². The Morgan fingerprint density at radius 2 is 1.13 bits per heavy atom. The Morgan fingerprint density at radius 1 is 0.632 bits per heavy atom. The lowest BCUT2D eigenvalue weighted by Crippen LogP contribution is -2.71. The van der Waals surface area contributed by atoms with Crippen LogP contribution in [-0.4, -0.2) is 48.4 Å². The zero-order chi connectivity index (χ0) is 49.1. The van der Waals surface area contributed by atoms with Crippen LogP contribution in [0.4, 0.5) is 0 Å². The molecule has 1 N–H and O–H groups in total. The second-order valence-electron chi connectivity index (χ2n) is 27.8. The van der Waals surface area contributed by atoms with E-state index in [0.29, 0.717) is 23.3 Å². The zero-order valence-electron chi connectivity index (χ0n) is 44.1. The number of hydrogen-bond donors (Lipinski definition) is 1. The summed E-state index contributed by atoms with van der Waals surface area (Å²) in [5.41, 5.74) is 2.50. The predicted octanol–water partition coefficient (Wildman–Crippen LogP) is 12.7. The third-order valence-electron chi connectivity index (χ3n) is 25.1. The van der Waals surface area contributed by atoms with Gasteiger partial charge in [-0.15, -0.1) is 0 Å². The van der Waals surface area contributed by atoms with E-state index in [-0.39, 0.29) is 67.1 Å². The van der Waals surface area contributed by atoms with E-state index in [2.05, 4.69) is 100 Å². The second-order valence-corrected chi connectivity index (χ2v) is 27.8. The van der Waals surface area contributed by atoms with Crippen molar-refractivity contribution in [1.82, 2.24) is 0 Å². The summed E-state index contributed by atoms with van der Waals surface area (Å²) in [4.78, 5) is 41.6. The lowest BCUT2D eigenvalue weighted by atomic mass is 9.32. The fourth-order valence-corrected chi connectivity index (χ4v) is 19.8. The Balaban J connectivity index is 0.935. The Bertz CT molecular complexity index is 2550. The van der Waals surface area contributed by atoms with Gasteiger partial charge in [0.05, 0.1) is 25.0 Å². The second kappa shape index (κ2) is 13.8. The van der Waals surface area contributed by atoms with Crippen LogP contribution >= 0.6 is 0 Å². The average molecular weight is 931 g/mol. The van der Waals surface area contributed by atoms with E-state index in [1.807, 2.05) is 6.92 Å². The smallest absolute Gasteiger partial charge is 0.317 e. The number of carbonyl (C=O) groups excluding carboxylic acids is 3. The molecule has 0 amide bonds. The first-order valence-electron chi connectivity index (χ1n) is 26.7. The highest BCUT2D eigenvalue weighted by atomic mass is 16.7. The van der Waals surface area contributed by atoms with E-state index in [0.717, 1.165) is 119 Å². The number of hydrogen-bond acceptors (Lipinski definition) is 8. The van der Waals surface area contributed by atoms with Gasteiger partial charge in [-0.3, -0.25) is 14.4 Å². The molecule has 0 aromatic heterocycles. The van der Waals surface area contributed by atoms with Crippen molar-refractivity contribution in [2.45, 2.75) is 196 Å². The first kappa shape index (κ1) is 47.0. The van der Waals surface area contributed by atoms with Gasteiger partial charge in [-0.1, -0.05) is 73.6 Å². The van der Waals surface area contributed by atoms with Crippen LogP contribution in [0.2, 0.25) is 0 Å². The van der Waals surface area contributed by atoms with Crippen LogP contribution in [-0.2, 0) is 29.3 Å². The van der Waals surface area contributed by atoms with Gasteiger partial charge in [-0.2, -0.15) is 0 Å². The van der Waals surface area contributed by atoms with Crippen molar-refractivity contribution in [2.24, 2.45) is 72.4 Å². The molecule has 8 nitrogen and oxygen atoms in total. The molecule has 6 saturated carbocycles. The highest BCUT2D eigenvalue weighted by molar-refractivity contribution is 6.02. The van der Waals surface area contributed by atoms with Crippen molar-refractivity contribution in [3.05, 3.63) is 52.1 Å². The molecule has 1 aromatic carbocycles. The Morgan fingerprint density at radius 3 is 1.71 bits per heavy atom. The minimum Gasteiger partial charge on any atom is -0.471 e. The fourth-order valence-electron chi connectivity index (χ4n) is 19.8. The summed E-state index contributed by atoms with van der Waals surface area (Å²) >= 11 is 0. The summed E-state index contributed by atoms with van der Waals surface area (Å²) < 4.78 is 25.0. The summed E-state index contributed by atoms with van der Waals surface area (Å²) in [6, 6.07) is 2.12. The SMILES string of the molecule is COC(=O)[C@]1(C)CC[C@]2(C)CC[C@]3(C)[C@@H]4CC=C5C(=CC(=O)[C@]6(O)Oc7cc8c(c(C)c7O[C@]56C)C=C[C@@H]5[C@@]8(C)CC[C@@]6(C)[C@@H]7C[C@](C)(C(=O)OC)CC[C@]7(C)CC[C@]56C)[C@]4(C)CC[C@@]3(C)[C@@H]2C1. The van der Waals surface area contributed by atoms with Crippen molar-refractivity contribution in [3.8, 4) is 11.5 Å².